The van der Waals surface area contributed by atoms with E-state index in [9.17, 15) is 13.2 Å². The van der Waals surface area contributed by atoms with E-state index in [2.05, 4.69) is 0 Å². The summed E-state index contributed by atoms with van der Waals surface area (Å²) in [6.07, 6.45) is 0. The van der Waals surface area contributed by atoms with Crippen LogP contribution < -0.4 is 35.3 Å². The molecule has 0 unspecified atom stereocenters. The van der Waals surface area contributed by atoms with Gasteiger partial charge in [0, 0.05) is 0 Å². The van der Waals surface area contributed by atoms with Gasteiger partial charge in [0.15, 0.2) is 0 Å². The van der Waals surface area contributed by atoms with Gasteiger partial charge in [0.25, 0.3) is 10.1 Å². The summed E-state index contributed by atoms with van der Waals surface area (Å²) in [6, 6.07) is -1.56. The maximum absolute atomic E-state index is 9.96. The first-order chi connectivity index (χ1) is 4.33. The van der Waals surface area contributed by atoms with Crippen LogP contribution in [-0.2, 0) is 14.9 Å². The average molecular weight is 193 g/mol. The van der Waals surface area contributed by atoms with Crippen LogP contribution in [0.1, 0.15) is 1.43 Å². The third-order valence-electron chi connectivity index (χ3n) is 0.707. The fourth-order valence-electron chi connectivity index (χ4n) is 0.298. The van der Waals surface area contributed by atoms with Gasteiger partial charge in [-0.2, -0.15) is 8.42 Å². The van der Waals surface area contributed by atoms with Crippen molar-refractivity contribution in [2.75, 3.05) is 5.75 Å². The quantitative estimate of drug-likeness (QED) is 0.306. The molecular formula is C3H8NNaO5S. The summed E-state index contributed by atoms with van der Waals surface area (Å²) >= 11 is 0. The van der Waals surface area contributed by atoms with Crippen molar-refractivity contribution < 1.29 is 53.9 Å². The summed E-state index contributed by atoms with van der Waals surface area (Å²) in [6.45, 7) is 0. The van der Waals surface area contributed by atoms with E-state index in [-0.39, 0.29) is 31.0 Å². The molecule has 0 aromatic rings. The number of carbonyl (C=O) groups is 1. The standard InChI is InChI=1S/C3H7NO5S.Na.H/c4-2(3(5)6)1-10(7,8)9;;/h2H,1,4H2,(H,5,6)(H,7,8,9);;/q;+1;-1/t2-;;/m1../s1. The molecule has 6 nitrogen and oxygen atoms in total. The van der Waals surface area contributed by atoms with E-state index in [0.717, 1.165) is 0 Å². The Morgan fingerprint density at radius 3 is 2.09 bits per heavy atom. The minimum absolute atomic E-state index is 0. The number of hydrogen-bond acceptors (Lipinski definition) is 4. The van der Waals surface area contributed by atoms with Gasteiger partial charge in [-0.05, 0) is 0 Å². The van der Waals surface area contributed by atoms with Crippen molar-refractivity contribution in [3.05, 3.63) is 0 Å². The van der Waals surface area contributed by atoms with Gasteiger partial charge in [0.05, 0.1) is 0 Å². The molecule has 0 heterocycles. The van der Waals surface area contributed by atoms with Crippen LogP contribution in [0.25, 0.3) is 0 Å². The molecule has 0 aliphatic carbocycles. The van der Waals surface area contributed by atoms with Gasteiger partial charge >= 0.3 is 35.5 Å². The first-order valence-electron chi connectivity index (χ1n) is 2.26. The molecule has 0 aliphatic rings. The predicted molar refractivity (Wildman–Crippen MR) is 33.1 cm³/mol. The molecule has 0 aliphatic heterocycles. The summed E-state index contributed by atoms with van der Waals surface area (Å²) in [5.74, 6) is -2.42. The van der Waals surface area contributed by atoms with Crippen LogP contribution in [0.5, 0.6) is 0 Å². The Morgan fingerprint density at radius 1 is 1.64 bits per heavy atom. The normalized spacial score (nSPS) is 13.3. The van der Waals surface area contributed by atoms with Crippen molar-refractivity contribution in [3.8, 4) is 0 Å². The average Bonchev–Trinajstić information content (AvgIpc) is 1.60. The summed E-state index contributed by atoms with van der Waals surface area (Å²) in [5, 5.41) is 8.04. The fourth-order valence-corrected chi connectivity index (χ4v) is 0.895. The number of rotatable bonds is 3. The monoisotopic (exact) mass is 193 g/mol. The molecule has 62 valence electrons. The zero-order valence-corrected chi connectivity index (χ0v) is 8.71. The molecule has 1 atom stereocenters. The van der Waals surface area contributed by atoms with Gasteiger partial charge in [-0.1, -0.05) is 0 Å². The van der Waals surface area contributed by atoms with Crippen molar-refractivity contribution in [2.24, 2.45) is 5.73 Å². The summed E-state index contributed by atoms with van der Waals surface area (Å²) < 4.78 is 28.0. The van der Waals surface area contributed by atoms with Crippen molar-refractivity contribution >= 4 is 16.1 Å². The van der Waals surface area contributed by atoms with Gasteiger partial charge in [0.2, 0.25) is 0 Å². The number of carboxylic acid groups (broad SMARTS) is 1. The molecule has 0 bridgehead atoms. The Kier molecular flexibility index (Phi) is 6.40. The van der Waals surface area contributed by atoms with Crippen LogP contribution in [0.4, 0.5) is 0 Å². The van der Waals surface area contributed by atoms with E-state index < -0.39 is 27.9 Å². The van der Waals surface area contributed by atoms with Crippen molar-refractivity contribution in [3.63, 3.8) is 0 Å². The van der Waals surface area contributed by atoms with E-state index in [1.165, 1.54) is 0 Å². The first kappa shape index (κ1) is 13.9. The van der Waals surface area contributed by atoms with Crippen LogP contribution in [0, 0.1) is 0 Å². The molecule has 0 radical (unpaired) electrons. The predicted octanol–water partition coefficient (Wildman–Crippen LogP) is -4.60. The molecule has 0 rings (SSSR count). The SMILES string of the molecule is N[C@H](CS(=O)(=O)O)C(=O)O.[H-].[Na+]. The van der Waals surface area contributed by atoms with Crippen molar-refractivity contribution in [1.82, 2.24) is 0 Å². The van der Waals surface area contributed by atoms with E-state index in [1.54, 1.807) is 0 Å². The van der Waals surface area contributed by atoms with Crippen molar-refractivity contribution in [1.29, 1.82) is 0 Å². The maximum Gasteiger partial charge on any atom is 1.00 e. The van der Waals surface area contributed by atoms with Gasteiger partial charge < -0.3 is 12.3 Å². The van der Waals surface area contributed by atoms with Gasteiger partial charge in [-0.3, -0.25) is 9.35 Å². The zero-order valence-electron chi connectivity index (χ0n) is 6.89. The summed E-state index contributed by atoms with van der Waals surface area (Å²) in [4.78, 5) is 9.88. The Labute approximate surface area is 87.3 Å². The Bertz CT molecular complexity index is 229. The molecule has 4 N–H and O–H groups in total. The summed E-state index contributed by atoms with van der Waals surface area (Å²) in [5.41, 5.74) is 4.76. The maximum atomic E-state index is 9.96. The second-order valence-corrected chi connectivity index (χ2v) is 3.19. The molecule has 0 saturated heterocycles. The molecule has 0 saturated carbocycles. The molecule has 0 aromatic heterocycles. The second-order valence-electron chi connectivity index (χ2n) is 1.69. The van der Waals surface area contributed by atoms with E-state index in [0.29, 0.717) is 0 Å². The number of nitrogens with two attached hydrogens (primary N) is 1. The number of aliphatic carboxylic acids is 1. The number of carboxylic acids is 1. The molecule has 8 heteroatoms. The molecule has 0 aromatic carbocycles. The van der Waals surface area contributed by atoms with Crippen LogP contribution in [0.15, 0.2) is 0 Å². The summed E-state index contributed by atoms with van der Waals surface area (Å²) in [7, 11) is -4.27. The minimum Gasteiger partial charge on any atom is -1.00 e. The first-order valence-corrected chi connectivity index (χ1v) is 3.87. The second kappa shape index (κ2) is 5.07. The molecular weight excluding hydrogens is 185 g/mol. The topological polar surface area (TPSA) is 118 Å². The Hall–Kier alpha value is 0.340. The van der Waals surface area contributed by atoms with Crippen LogP contribution in [0.3, 0.4) is 0 Å². The van der Waals surface area contributed by atoms with Crippen LogP contribution in [-0.4, -0.2) is 35.8 Å². The van der Waals surface area contributed by atoms with E-state index >= 15 is 0 Å². The van der Waals surface area contributed by atoms with Crippen LogP contribution in [0.2, 0.25) is 0 Å². The molecule has 11 heavy (non-hydrogen) atoms. The van der Waals surface area contributed by atoms with E-state index in [4.69, 9.17) is 15.4 Å². The molecule has 0 spiro atoms. The van der Waals surface area contributed by atoms with Gasteiger partial charge in [-0.15, -0.1) is 0 Å². The number of hydrogen-bond donors (Lipinski definition) is 3. The Balaban J connectivity index is -0.000000405. The van der Waals surface area contributed by atoms with Crippen molar-refractivity contribution in [2.45, 2.75) is 6.04 Å². The van der Waals surface area contributed by atoms with Gasteiger partial charge in [0.1, 0.15) is 11.8 Å². The fraction of sp³-hybridized carbons (Fsp3) is 0.667. The molecule has 0 amide bonds. The smallest absolute Gasteiger partial charge is 1.00 e. The van der Waals surface area contributed by atoms with Crippen LogP contribution >= 0.6 is 0 Å². The minimum atomic E-state index is -4.27. The largest absolute Gasteiger partial charge is 1.00 e. The van der Waals surface area contributed by atoms with Gasteiger partial charge in [-0.25, -0.2) is 0 Å². The molecule has 0 fully saturated rings. The zero-order chi connectivity index (χ0) is 8.36. The third-order valence-corrected chi connectivity index (χ3v) is 1.49. The van der Waals surface area contributed by atoms with E-state index in [1.807, 2.05) is 0 Å². The Morgan fingerprint density at radius 2 is 2.00 bits per heavy atom. The third kappa shape index (κ3) is 8.24.